The van der Waals surface area contributed by atoms with Crippen molar-refractivity contribution < 1.29 is 17.6 Å². The van der Waals surface area contributed by atoms with E-state index in [1.165, 1.54) is 18.4 Å². The van der Waals surface area contributed by atoms with E-state index in [2.05, 4.69) is 5.32 Å². The summed E-state index contributed by atoms with van der Waals surface area (Å²) in [6.07, 6.45) is 1.30. The molecule has 0 bridgehead atoms. The third-order valence-corrected chi connectivity index (χ3v) is 4.05. The number of carbonyl (C=O) groups excluding carboxylic acids is 1. The Morgan fingerprint density at radius 2 is 1.70 bits per heavy atom. The van der Waals surface area contributed by atoms with Crippen LogP contribution in [0.4, 0.5) is 4.39 Å². The molecule has 1 amide bonds. The van der Waals surface area contributed by atoms with Crippen LogP contribution < -0.4 is 5.32 Å². The summed E-state index contributed by atoms with van der Waals surface area (Å²) in [5.41, 5.74) is 2.20. The first-order valence-corrected chi connectivity index (χ1v) is 9.14. The molecule has 2 rings (SSSR count). The van der Waals surface area contributed by atoms with Crippen LogP contribution in [0.3, 0.4) is 0 Å². The minimum Gasteiger partial charge on any atom is -0.352 e. The molecule has 0 spiro atoms. The predicted molar refractivity (Wildman–Crippen MR) is 86.9 cm³/mol. The van der Waals surface area contributed by atoms with Gasteiger partial charge in [-0.15, -0.1) is 0 Å². The molecule has 0 fully saturated rings. The summed E-state index contributed by atoms with van der Waals surface area (Å²) in [6, 6.07) is 13.0. The van der Waals surface area contributed by atoms with Gasteiger partial charge in [0.15, 0.2) is 9.84 Å². The number of nitrogens with one attached hydrogen (secondary N) is 1. The van der Waals surface area contributed by atoms with E-state index in [-0.39, 0.29) is 23.9 Å². The van der Waals surface area contributed by atoms with Crippen molar-refractivity contribution in [1.82, 2.24) is 5.32 Å². The largest absolute Gasteiger partial charge is 0.352 e. The summed E-state index contributed by atoms with van der Waals surface area (Å²) >= 11 is 0. The van der Waals surface area contributed by atoms with E-state index in [0.29, 0.717) is 17.7 Å². The highest BCUT2D eigenvalue weighted by molar-refractivity contribution is 7.89. The van der Waals surface area contributed by atoms with Crippen LogP contribution in [0.15, 0.2) is 48.5 Å². The van der Waals surface area contributed by atoms with E-state index in [1.807, 2.05) is 0 Å². The van der Waals surface area contributed by atoms with Gasteiger partial charge in [-0.2, -0.15) is 0 Å². The van der Waals surface area contributed by atoms with Gasteiger partial charge in [0, 0.05) is 12.8 Å². The van der Waals surface area contributed by atoms with Crippen LogP contribution in [-0.4, -0.2) is 20.6 Å². The highest BCUT2D eigenvalue weighted by Crippen LogP contribution is 2.08. The molecule has 0 heterocycles. The van der Waals surface area contributed by atoms with Crippen LogP contribution in [0.5, 0.6) is 0 Å². The van der Waals surface area contributed by atoms with Gasteiger partial charge in [0.25, 0.3) is 0 Å². The Morgan fingerprint density at radius 3 is 2.30 bits per heavy atom. The van der Waals surface area contributed by atoms with Crippen molar-refractivity contribution >= 4 is 15.7 Å². The second-order valence-corrected chi connectivity index (χ2v) is 7.61. The first-order valence-electron chi connectivity index (χ1n) is 7.08. The van der Waals surface area contributed by atoms with Crippen molar-refractivity contribution in [3.05, 3.63) is 71.0 Å². The van der Waals surface area contributed by atoms with Crippen molar-refractivity contribution in [2.75, 3.05) is 6.26 Å². The van der Waals surface area contributed by atoms with Gasteiger partial charge in [0.2, 0.25) is 5.91 Å². The number of halogens is 1. The minimum absolute atomic E-state index is 0.000783. The van der Waals surface area contributed by atoms with Gasteiger partial charge in [-0.25, -0.2) is 12.8 Å². The van der Waals surface area contributed by atoms with Crippen LogP contribution in [0.25, 0.3) is 0 Å². The molecule has 2 aromatic rings. The number of rotatable bonds is 6. The zero-order chi connectivity index (χ0) is 16.9. The van der Waals surface area contributed by atoms with Gasteiger partial charge < -0.3 is 5.32 Å². The van der Waals surface area contributed by atoms with Crippen molar-refractivity contribution in [3.63, 3.8) is 0 Å². The highest BCUT2D eigenvalue weighted by atomic mass is 32.2. The van der Waals surface area contributed by atoms with Crippen LogP contribution >= 0.6 is 0 Å². The maximum Gasteiger partial charge on any atom is 0.224 e. The van der Waals surface area contributed by atoms with E-state index in [0.717, 1.165) is 5.56 Å². The number of hydrogen-bond donors (Lipinski definition) is 1. The number of carbonyl (C=O) groups is 1. The molecule has 0 radical (unpaired) electrons. The minimum atomic E-state index is -3.05. The second-order valence-electron chi connectivity index (χ2n) is 5.47. The Kier molecular flexibility index (Phi) is 5.50. The van der Waals surface area contributed by atoms with E-state index in [1.54, 1.807) is 36.4 Å². The Labute approximate surface area is 135 Å². The number of hydrogen-bond acceptors (Lipinski definition) is 3. The molecule has 0 aliphatic carbocycles. The normalized spacial score (nSPS) is 11.2. The van der Waals surface area contributed by atoms with Crippen molar-refractivity contribution in [3.8, 4) is 0 Å². The van der Waals surface area contributed by atoms with Crippen LogP contribution in [-0.2, 0) is 33.4 Å². The summed E-state index contributed by atoms with van der Waals surface area (Å²) in [7, 11) is -3.05. The SMILES string of the molecule is CS(=O)(=O)Cc1ccc(CNC(=O)Cc2cccc(F)c2)cc1. The van der Waals surface area contributed by atoms with Gasteiger partial charge in [0.05, 0.1) is 12.2 Å². The van der Waals surface area contributed by atoms with Gasteiger partial charge in [-0.05, 0) is 28.8 Å². The monoisotopic (exact) mass is 335 g/mol. The summed E-state index contributed by atoms with van der Waals surface area (Å²) in [5, 5.41) is 2.75. The van der Waals surface area contributed by atoms with Crippen molar-refractivity contribution in [1.29, 1.82) is 0 Å². The molecule has 1 N–H and O–H groups in total. The molecule has 0 aliphatic heterocycles. The molecule has 0 atom stereocenters. The summed E-state index contributed by atoms with van der Waals surface area (Å²) in [6.45, 7) is 0.341. The summed E-state index contributed by atoms with van der Waals surface area (Å²) in [5.74, 6) is -0.563. The van der Waals surface area contributed by atoms with Crippen LogP contribution in [0.2, 0.25) is 0 Å². The van der Waals surface area contributed by atoms with Crippen LogP contribution in [0, 0.1) is 5.82 Å². The Hall–Kier alpha value is -2.21. The number of amides is 1. The first kappa shape index (κ1) is 17.1. The molecule has 122 valence electrons. The fourth-order valence-corrected chi connectivity index (χ4v) is 2.95. The Bertz CT molecular complexity index is 786. The lowest BCUT2D eigenvalue weighted by molar-refractivity contribution is -0.120. The lowest BCUT2D eigenvalue weighted by Crippen LogP contribution is -2.24. The molecule has 0 saturated heterocycles. The van der Waals surface area contributed by atoms with Gasteiger partial charge in [-0.3, -0.25) is 4.79 Å². The van der Waals surface area contributed by atoms with Gasteiger partial charge in [-0.1, -0.05) is 36.4 Å². The molecule has 0 aliphatic rings. The maximum absolute atomic E-state index is 13.0. The van der Waals surface area contributed by atoms with E-state index < -0.39 is 9.84 Å². The first-order chi connectivity index (χ1) is 10.8. The smallest absolute Gasteiger partial charge is 0.224 e. The topological polar surface area (TPSA) is 63.2 Å². The maximum atomic E-state index is 13.0. The van der Waals surface area contributed by atoms with Gasteiger partial charge in [0.1, 0.15) is 5.82 Å². The molecule has 0 aromatic heterocycles. The lowest BCUT2D eigenvalue weighted by atomic mass is 10.1. The molecule has 0 saturated carbocycles. The van der Waals surface area contributed by atoms with Crippen LogP contribution in [0.1, 0.15) is 16.7 Å². The quantitative estimate of drug-likeness (QED) is 0.880. The Balaban J connectivity index is 1.87. The lowest BCUT2D eigenvalue weighted by Gasteiger charge is -2.07. The fraction of sp³-hybridized carbons (Fsp3) is 0.235. The zero-order valence-corrected chi connectivity index (χ0v) is 13.6. The van der Waals surface area contributed by atoms with Crippen molar-refractivity contribution in [2.45, 2.75) is 18.7 Å². The Morgan fingerprint density at radius 1 is 1.04 bits per heavy atom. The average molecular weight is 335 g/mol. The molecule has 6 heteroatoms. The molecule has 4 nitrogen and oxygen atoms in total. The predicted octanol–water partition coefficient (Wildman–Crippen LogP) is 2.23. The second kappa shape index (κ2) is 7.37. The zero-order valence-electron chi connectivity index (χ0n) is 12.8. The van der Waals surface area contributed by atoms with E-state index in [4.69, 9.17) is 0 Å². The molecular formula is C17H18FNO3S. The number of benzene rings is 2. The standard InChI is InChI=1S/C17H18FNO3S/c1-23(21,22)12-14-7-5-13(6-8-14)11-19-17(20)10-15-3-2-4-16(18)9-15/h2-9H,10-12H2,1H3,(H,19,20). The van der Waals surface area contributed by atoms with Crippen molar-refractivity contribution in [2.24, 2.45) is 0 Å². The molecule has 23 heavy (non-hydrogen) atoms. The van der Waals surface area contributed by atoms with E-state index in [9.17, 15) is 17.6 Å². The average Bonchev–Trinajstić information content (AvgIpc) is 2.45. The molecule has 0 unspecified atom stereocenters. The molecular weight excluding hydrogens is 317 g/mol. The van der Waals surface area contributed by atoms with E-state index >= 15 is 0 Å². The molecule has 2 aromatic carbocycles. The van der Waals surface area contributed by atoms with Gasteiger partial charge >= 0.3 is 0 Å². The third-order valence-electron chi connectivity index (χ3n) is 3.20. The summed E-state index contributed by atoms with van der Waals surface area (Å²) in [4.78, 5) is 11.8. The highest BCUT2D eigenvalue weighted by Gasteiger charge is 2.06. The number of sulfone groups is 1. The third kappa shape index (κ3) is 6.20. The summed E-state index contributed by atoms with van der Waals surface area (Å²) < 4.78 is 35.5. The fourth-order valence-electron chi connectivity index (χ4n) is 2.15.